The Balaban J connectivity index is 1.81. The van der Waals surface area contributed by atoms with E-state index < -0.39 is 0 Å². The summed E-state index contributed by atoms with van der Waals surface area (Å²) < 4.78 is 7.15. The smallest absolute Gasteiger partial charge is 0.226 e. The summed E-state index contributed by atoms with van der Waals surface area (Å²) in [4.78, 5) is 20.9. The molecule has 0 saturated heterocycles. The van der Waals surface area contributed by atoms with E-state index in [2.05, 4.69) is 15.3 Å². The summed E-state index contributed by atoms with van der Waals surface area (Å²) in [5.74, 6) is 1.34. The van der Waals surface area contributed by atoms with Crippen LogP contribution in [0, 0.1) is 0 Å². The third-order valence-electron chi connectivity index (χ3n) is 4.19. The van der Waals surface area contributed by atoms with Crippen LogP contribution in [0.5, 0.6) is 5.75 Å². The largest absolute Gasteiger partial charge is 0.497 e. The van der Waals surface area contributed by atoms with Crippen LogP contribution in [-0.4, -0.2) is 27.6 Å². The monoisotopic (exact) mass is 320 g/mol. The number of anilines is 1. The number of rotatable bonds is 3. The molecule has 3 heterocycles. The second-order valence-electron chi connectivity index (χ2n) is 5.64. The van der Waals surface area contributed by atoms with Crippen LogP contribution in [0.2, 0.25) is 0 Å². The summed E-state index contributed by atoms with van der Waals surface area (Å²) in [5, 5.41) is 2.94. The van der Waals surface area contributed by atoms with Crippen molar-refractivity contribution in [3.63, 3.8) is 0 Å². The van der Waals surface area contributed by atoms with Gasteiger partial charge < -0.3 is 10.1 Å². The topological polar surface area (TPSA) is 69.0 Å². The number of fused-ring (bicyclic) bond motifs is 1. The molecule has 0 fully saturated rings. The van der Waals surface area contributed by atoms with Crippen LogP contribution in [-0.2, 0) is 4.79 Å². The fourth-order valence-electron chi connectivity index (χ4n) is 3.02. The molecule has 1 N–H and O–H groups in total. The highest BCUT2D eigenvalue weighted by atomic mass is 16.5. The van der Waals surface area contributed by atoms with Crippen molar-refractivity contribution in [2.24, 2.45) is 0 Å². The van der Waals surface area contributed by atoms with Crippen LogP contribution in [0.15, 0.2) is 55.1 Å². The highest BCUT2D eigenvalue weighted by Crippen LogP contribution is 2.37. The first-order valence-electron chi connectivity index (χ1n) is 7.67. The zero-order chi connectivity index (χ0) is 16.5. The molecule has 1 amide bonds. The normalized spacial score (nSPS) is 16.4. The summed E-state index contributed by atoms with van der Waals surface area (Å²) in [6.07, 6.45) is 5.61. The Morgan fingerprint density at radius 2 is 2.21 bits per heavy atom. The molecule has 0 bridgehead atoms. The second kappa shape index (κ2) is 5.81. The van der Waals surface area contributed by atoms with Gasteiger partial charge in [0.15, 0.2) is 0 Å². The van der Waals surface area contributed by atoms with Crippen molar-refractivity contribution in [2.75, 3.05) is 12.4 Å². The van der Waals surface area contributed by atoms with Crippen molar-refractivity contribution < 1.29 is 9.53 Å². The van der Waals surface area contributed by atoms with Gasteiger partial charge in [0, 0.05) is 30.8 Å². The number of pyridine rings is 1. The molecule has 1 aromatic carbocycles. The number of benzene rings is 1. The van der Waals surface area contributed by atoms with E-state index in [4.69, 9.17) is 4.74 Å². The molecule has 3 aromatic rings. The van der Waals surface area contributed by atoms with Crippen LogP contribution in [0.1, 0.15) is 23.6 Å². The van der Waals surface area contributed by atoms with E-state index in [1.165, 1.54) is 0 Å². The second-order valence-corrected chi connectivity index (χ2v) is 5.64. The number of carbonyl (C=O) groups is 1. The minimum absolute atomic E-state index is 0.0269. The number of amides is 1. The fourth-order valence-corrected chi connectivity index (χ4v) is 3.02. The number of nitrogens with one attached hydrogen (secondary N) is 1. The molecule has 1 aliphatic rings. The van der Waals surface area contributed by atoms with Crippen LogP contribution < -0.4 is 10.1 Å². The molecule has 0 saturated carbocycles. The molecule has 0 spiro atoms. The van der Waals surface area contributed by atoms with Gasteiger partial charge in [-0.25, -0.2) is 4.98 Å². The summed E-state index contributed by atoms with van der Waals surface area (Å²) in [5.41, 5.74) is 2.73. The first kappa shape index (κ1) is 14.4. The van der Waals surface area contributed by atoms with E-state index in [-0.39, 0.29) is 11.8 Å². The molecule has 6 nitrogen and oxygen atoms in total. The average Bonchev–Trinajstić information content (AvgIpc) is 3.05. The van der Waals surface area contributed by atoms with E-state index in [0.717, 1.165) is 22.7 Å². The quantitative estimate of drug-likeness (QED) is 0.805. The number of ether oxygens (including phenoxy) is 1. The van der Waals surface area contributed by atoms with E-state index in [9.17, 15) is 4.79 Å². The van der Waals surface area contributed by atoms with E-state index in [1.54, 1.807) is 25.8 Å². The highest BCUT2D eigenvalue weighted by molar-refractivity contribution is 5.94. The van der Waals surface area contributed by atoms with Gasteiger partial charge in [-0.1, -0.05) is 12.1 Å². The number of nitrogens with zero attached hydrogens (tertiary/aromatic N) is 3. The van der Waals surface area contributed by atoms with Crippen LogP contribution in [0.25, 0.3) is 5.69 Å². The molecule has 2 aromatic heterocycles. The molecule has 6 heteroatoms. The van der Waals surface area contributed by atoms with E-state index in [0.29, 0.717) is 12.2 Å². The number of aromatic nitrogens is 3. The third kappa shape index (κ3) is 2.42. The SMILES string of the molecule is COc1cccc(-n2cnc3c2NC(=O)CC3c2cccnc2)c1. The van der Waals surface area contributed by atoms with E-state index >= 15 is 0 Å². The molecule has 4 rings (SSSR count). The molecular formula is C18H16N4O2. The molecule has 0 radical (unpaired) electrons. The Morgan fingerprint density at radius 1 is 1.29 bits per heavy atom. The summed E-state index contributed by atoms with van der Waals surface area (Å²) in [6, 6.07) is 11.5. The Morgan fingerprint density at radius 3 is 3.00 bits per heavy atom. The predicted molar refractivity (Wildman–Crippen MR) is 89.4 cm³/mol. The molecule has 1 aliphatic heterocycles. The molecule has 1 unspecified atom stereocenters. The number of hydrogen-bond acceptors (Lipinski definition) is 4. The first-order valence-corrected chi connectivity index (χ1v) is 7.67. The zero-order valence-electron chi connectivity index (χ0n) is 13.1. The zero-order valence-corrected chi connectivity index (χ0v) is 13.1. The maximum absolute atomic E-state index is 12.2. The van der Waals surface area contributed by atoms with Gasteiger partial charge in [0.1, 0.15) is 17.9 Å². The Hall–Kier alpha value is -3.15. The van der Waals surface area contributed by atoms with Gasteiger partial charge in [-0.2, -0.15) is 0 Å². The van der Waals surface area contributed by atoms with Crippen molar-refractivity contribution in [1.82, 2.24) is 14.5 Å². The van der Waals surface area contributed by atoms with Crippen LogP contribution in [0.3, 0.4) is 0 Å². The molecular weight excluding hydrogens is 304 g/mol. The van der Waals surface area contributed by atoms with Gasteiger partial charge in [0.2, 0.25) is 5.91 Å². The lowest BCUT2D eigenvalue weighted by molar-refractivity contribution is -0.116. The van der Waals surface area contributed by atoms with Gasteiger partial charge in [0.25, 0.3) is 0 Å². The van der Waals surface area contributed by atoms with Crippen molar-refractivity contribution in [1.29, 1.82) is 0 Å². The highest BCUT2D eigenvalue weighted by Gasteiger charge is 2.31. The Bertz CT molecular complexity index is 889. The minimum atomic E-state index is -0.0886. The third-order valence-corrected chi connectivity index (χ3v) is 4.19. The number of methoxy groups -OCH3 is 1. The van der Waals surface area contributed by atoms with Crippen LogP contribution >= 0.6 is 0 Å². The maximum atomic E-state index is 12.2. The molecule has 0 aliphatic carbocycles. The van der Waals surface area contributed by atoms with Crippen molar-refractivity contribution in [3.8, 4) is 11.4 Å². The fraction of sp³-hybridized carbons (Fsp3) is 0.167. The average molecular weight is 320 g/mol. The Kier molecular flexibility index (Phi) is 3.49. The number of imidazole rings is 1. The van der Waals surface area contributed by atoms with Crippen molar-refractivity contribution >= 4 is 11.7 Å². The van der Waals surface area contributed by atoms with Gasteiger partial charge >= 0.3 is 0 Å². The number of hydrogen-bond donors (Lipinski definition) is 1. The van der Waals surface area contributed by atoms with Crippen LogP contribution in [0.4, 0.5) is 5.82 Å². The minimum Gasteiger partial charge on any atom is -0.497 e. The number of carbonyl (C=O) groups excluding carboxylic acids is 1. The van der Waals surface area contributed by atoms with Gasteiger partial charge in [-0.3, -0.25) is 14.3 Å². The van der Waals surface area contributed by atoms with Gasteiger partial charge in [-0.15, -0.1) is 0 Å². The molecule has 120 valence electrons. The lowest BCUT2D eigenvalue weighted by atomic mass is 9.91. The predicted octanol–water partition coefficient (Wildman–Crippen LogP) is 2.75. The molecule has 24 heavy (non-hydrogen) atoms. The summed E-state index contributed by atoms with van der Waals surface area (Å²) >= 11 is 0. The first-order chi connectivity index (χ1) is 11.8. The van der Waals surface area contributed by atoms with Gasteiger partial charge in [-0.05, 0) is 23.8 Å². The maximum Gasteiger partial charge on any atom is 0.226 e. The summed E-state index contributed by atoms with van der Waals surface area (Å²) in [7, 11) is 1.63. The summed E-state index contributed by atoms with van der Waals surface area (Å²) in [6.45, 7) is 0. The Labute approximate surface area is 139 Å². The standard InChI is InChI=1S/C18H16N4O2/c1-24-14-6-2-5-13(8-14)22-11-20-17-15(9-16(23)21-18(17)22)12-4-3-7-19-10-12/h2-8,10-11,15H,9H2,1H3,(H,21,23). The van der Waals surface area contributed by atoms with E-state index in [1.807, 2.05) is 41.0 Å². The van der Waals surface area contributed by atoms with Gasteiger partial charge in [0.05, 0.1) is 18.5 Å². The van der Waals surface area contributed by atoms with Crippen molar-refractivity contribution in [3.05, 3.63) is 66.4 Å². The van der Waals surface area contributed by atoms with Crippen molar-refractivity contribution in [2.45, 2.75) is 12.3 Å². The molecule has 1 atom stereocenters. The lowest BCUT2D eigenvalue weighted by Crippen LogP contribution is -2.25. The lowest BCUT2D eigenvalue weighted by Gasteiger charge is -2.23.